The Bertz CT molecular complexity index is 337. The molecule has 0 aliphatic rings. The molecule has 0 N–H and O–H groups in total. The van der Waals surface area contributed by atoms with Crippen molar-refractivity contribution in [1.29, 1.82) is 5.26 Å². The lowest BCUT2D eigenvalue weighted by Crippen LogP contribution is -1.96. The minimum absolute atomic E-state index is 0.463. The van der Waals surface area contributed by atoms with Crippen LogP contribution < -0.4 is 0 Å². The lowest BCUT2D eigenvalue weighted by atomic mass is 9.98. The maximum atomic E-state index is 8.36. The Kier molecular flexibility index (Phi) is 5.60. The molecule has 2 heteroatoms. The Morgan fingerprint density at radius 1 is 1.31 bits per heavy atom. The van der Waals surface area contributed by atoms with Crippen molar-refractivity contribution in [2.24, 2.45) is 0 Å². The van der Waals surface area contributed by atoms with E-state index in [0.29, 0.717) is 25.6 Å². The van der Waals surface area contributed by atoms with E-state index in [2.05, 4.69) is 44.2 Å². The van der Waals surface area contributed by atoms with Gasteiger partial charge in [0.2, 0.25) is 0 Å². The summed E-state index contributed by atoms with van der Waals surface area (Å²) in [5.41, 5.74) is 2.55. The summed E-state index contributed by atoms with van der Waals surface area (Å²) in [6.07, 6.45) is 1.63. The summed E-state index contributed by atoms with van der Waals surface area (Å²) in [6, 6.07) is 10.6. The standard InChI is InChI=1S/C14H19NO/c1-3-12(2)14-7-5-13(6-8-14)11-16-10-4-9-15/h5-8,12H,3-4,10-11H2,1-2H3. The molecule has 1 unspecified atom stereocenters. The maximum Gasteiger partial charge on any atom is 0.0717 e. The summed E-state index contributed by atoms with van der Waals surface area (Å²) >= 11 is 0. The lowest BCUT2D eigenvalue weighted by molar-refractivity contribution is 0.126. The van der Waals surface area contributed by atoms with E-state index in [-0.39, 0.29) is 0 Å². The first-order valence-electron chi connectivity index (χ1n) is 5.81. The Balaban J connectivity index is 2.43. The van der Waals surface area contributed by atoms with Crippen LogP contribution in [0.4, 0.5) is 0 Å². The second-order valence-corrected chi connectivity index (χ2v) is 4.01. The third-order valence-electron chi connectivity index (χ3n) is 2.79. The topological polar surface area (TPSA) is 33.0 Å². The van der Waals surface area contributed by atoms with Crippen molar-refractivity contribution in [2.45, 2.75) is 39.2 Å². The maximum absolute atomic E-state index is 8.36. The van der Waals surface area contributed by atoms with Crippen molar-refractivity contribution in [3.8, 4) is 6.07 Å². The number of hydrogen-bond donors (Lipinski definition) is 0. The highest BCUT2D eigenvalue weighted by atomic mass is 16.5. The average Bonchev–Trinajstić information content (AvgIpc) is 2.34. The van der Waals surface area contributed by atoms with Crippen LogP contribution in [0.1, 0.15) is 43.7 Å². The molecule has 0 fully saturated rings. The molecule has 1 aromatic carbocycles. The molecular formula is C14H19NO. The van der Waals surface area contributed by atoms with Gasteiger partial charge < -0.3 is 4.74 Å². The summed E-state index contributed by atoms with van der Waals surface area (Å²) in [5.74, 6) is 0.619. The minimum Gasteiger partial charge on any atom is -0.376 e. The Morgan fingerprint density at radius 2 is 2.00 bits per heavy atom. The normalized spacial score (nSPS) is 12.1. The third-order valence-corrected chi connectivity index (χ3v) is 2.79. The Morgan fingerprint density at radius 3 is 2.56 bits per heavy atom. The molecule has 0 amide bonds. The SMILES string of the molecule is CCC(C)c1ccc(COCCC#N)cc1. The molecule has 86 valence electrons. The molecule has 2 nitrogen and oxygen atoms in total. The summed E-state index contributed by atoms with van der Waals surface area (Å²) in [5, 5.41) is 8.36. The van der Waals surface area contributed by atoms with Crippen LogP contribution in [0, 0.1) is 11.3 Å². The van der Waals surface area contributed by atoms with E-state index in [0.717, 1.165) is 6.42 Å². The summed E-state index contributed by atoms with van der Waals surface area (Å²) in [4.78, 5) is 0. The van der Waals surface area contributed by atoms with E-state index in [1.807, 2.05) is 0 Å². The molecule has 0 aromatic heterocycles. The van der Waals surface area contributed by atoms with Crippen molar-refractivity contribution in [1.82, 2.24) is 0 Å². The molecule has 0 saturated carbocycles. The van der Waals surface area contributed by atoms with Crippen molar-refractivity contribution >= 4 is 0 Å². The Labute approximate surface area is 97.9 Å². The predicted octanol–water partition coefficient (Wildman–Crippen LogP) is 3.63. The van der Waals surface area contributed by atoms with Crippen LogP contribution in [0.25, 0.3) is 0 Å². The average molecular weight is 217 g/mol. The van der Waals surface area contributed by atoms with Gasteiger partial charge in [0.05, 0.1) is 25.7 Å². The molecular weight excluding hydrogens is 198 g/mol. The number of hydrogen-bond acceptors (Lipinski definition) is 2. The summed E-state index contributed by atoms with van der Waals surface area (Å²) < 4.78 is 5.36. The van der Waals surface area contributed by atoms with E-state index >= 15 is 0 Å². The fourth-order valence-electron chi connectivity index (χ4n) is 1.49. The van der Waals surface area contributed by atoms with Gasteiger partial charge >= 0.3 is 0 Å². The molecule has 16 heavy (non-hydrogen) atoms. The first-order chi connectivity index (χ1) is 7.77. The first-order valence-corrected chi connectivity index (χ1v) is 5.81. The van der Waals surface area contributed by atoms with E-state index in [9.17, 15) is 0 Å². The van der Waals surface area contributed by atoms with E-state index in [1.54, 1.807) is 0 Å². The molecule has 1 aromatic rings. The van der Waals surface area contributed by atoms with E-state index in [4.69, 9.17) is 10.00 Å². The molecule has 0 spiro atoms. The molecule has 0 bridgehead atoms. The van der Waals surface area contributed by atoms with Gasteiger partial charge in [0.15, 0.2) is 0 Å². The van der Waals surface area contributed by atoms with Gasteiger partial charge in [-0.1, -0.05) is 38.1 Å². The molecule has 0 radical (unpaired) electrons. The monoisotopic (exact) mass is 217 g/mol. The summed E-state index contributed by atoms with van der Waals surface area (Å²) in [6.45, 7) is 5.55. The summed E-state index contributed by atoms with van der Waals surface area (Å²) in [7, 11) is 0. The molecule has 1 rings (SSSR count). The van der Waals surface area contributed by atoms with Crippen LogP contribution in [0.2, 0.25) is 0 Å². The van der Waals surface area contributed by atoms with Crippen molar-refractivity contribution in [3.05, 3.63) is 35.4 Å². The Hall–Kier alpha value is -1.33. The molecule has 1 atom stereocenters. The fraction of sp³-hybridized carbons (Fsp3) is 0.500. The van der Waals surface area contributed by atoms with Crippen molar-refractivity contribution in [2.75, 3.05) is 6.61 Å². The zero-order chi connectivity index (χ0) is 11.8. The van der Waals surface area contributed by atoms with Gasteiger partial charge in [-0.2, -0.15) is 5.26 Å². The highest BCUT2D eigenvalue weighted by molar-refractivity contribution is 5.24. The van der Waals surface area contributed by atoms with Crippen LogP contribution in [-0.4, -0.2) is 6.61 Å². The van der Waals surface area contributed by atoms with E-state index < -0.39 is 0 Å². The van der Waals surface area contributed by atoms with Crippen LogP contribution in [0.5, 0.6) is 0 Å². The second-order valence-electron chi connectivity index (χ2n) is 4.01. The van der Waals surface area contributed by atoms with Gasteiger partial charge in [0.25, 0.3) is 0 Å². The number of rotatable bonds is 6. The van der Waals surface area contributed by atoms with Crippen LogP contribution in [-0.2, 0) is 11.3 Å². The number of ether oxygens (including phenoxy) is 1. The number of nitrogens with zero attached hydrogens (tertiary/aromatic N) is 1. The minimum atomic E-state index is 0.463. The van der Waals surface area contributed by atoms with Gasteiger partial charge in [-0.05, 0) is 23.5 Å². The largest absolute Gasteiger partial charge is 0.376 e. The second kappa shape index (κ2) is 7.03. The van der Waals surface area contributed by atoms with Crippen molar-refractivity contribution < 1.29 is 4.74 Å². The number of benzene rings is 1. The van der Waals surface area contributed by atoms with Gasteiger partial charge in [-0.15, -0.1) is 0 Å². The van der Waals surface area contributed by atoms with Crippen LogP contribution >= 0.6 is 0 Å². The molecule has 0 aliphatic carbocycles. The van der Waals surface area contributed by atoms with Crippen molar-refractivity contribution in [3.63, 3.8) is 0 Å². The molecule has 0 heterocycles. The quantitative estimate of drug-likeness (QED) is 0.682. The lowest BCUT2D eigenvalue weighted by Gasteiger charge is -2.09. The van der Waals surface area contributed by atoms with Gasteiger partial charge in [0.1, 0.15) is 0 Å². The highest BCUT2D eigenvalue weighted by Crippen LogP contribution is 2.18. The highest BCUT2D eigenvalue weighted by Gasteiger charge is 2.02. The molecule has 0 aliphatic heterocycles. The number of nitriles is 1. The first kappa shape index (κ1) is 12.7. The van der Waals surface area contributed by atoms with Gasteiger partial charge in [0, 0.05) is 0 Å². The van der Waals surface area contributed by atoms with E-state index in [1.165, 1.54) is 11.1 Å². The molecule has 0 saturated heterocycles. The predicted molar refractivity (Wildman–Crippen MR) is 65.0 cm³/mol. The third kappa shape index (κ3) is 4.04. The fourth-order valence-corrected chi connectivity index (χ4v) is 1.49. The van der Waals surface area contributed by atoms with Gasteiger partial charge in [-0.3, -0.25) is 0 Å². The zero-order valence-corrected chi connectivity index (χ0v) is 10.1. The smallest absolute Gasteiger partial charge is 0.0717 e. The zero-order valence-electron chi connectivity index (χ0n) is 10.1. The van der Waals surface area contributed by atoms with Crippen LogP contribution in [0.3, 0.4) is 0 Å². The van der Waals surface area contributed by atoms with Crippen LogP contribution in [0.15, 0.2) is 24.3 Å². The van der Waals surface area contributed by atoms with Gasteiger partial charge in [-0.25, -0.2) is 0 Å².